The van der Waals surface area contributed by atoms with Crippen LogP contribution in [0.5, 0.6) is 5.19 Å². The van der Waals surface area contributed by atoms with Crippen LogP contribution in [0.2, 0.25) is 0 Å². The Morgan fingerprint density at radius 1 is 1.22 bits per heavy atom. The quantitative estimate of drug-likeness (QED) is 0.566. The van der Waals surface area contributed by atoms with Crippen molar-refractivity contribution in [3.63, 3.8) is 0 Å². The Morgan fingerprint density at radius 3 is 2.67 bits per heavy atom. The maximum Gasteiger partial charge on any atom is 0.273 e. The van der Waals surface area contributed by atoms with E-state index < -0.39 is 18.0 Å². The highest BCUT2D eigenvalue weighted by molar-refractivity contribution is 7.13. The third kappa shape index (κ3) is 6.40. The van der Waals surface area contributed by atoms with Gasteiger partial charge in [0.05, 0.1) is 12.1 Å². The van der Waals surface area contributed by atoms with Crippen molar-refractivity contribution in [1.82, 2.24) is 25.0 Å². The first-order valence-electron chi connectivity index (χ1n) is 13.0. The summed E-state index contributed by atoms with van der Waals surface area (Å²) in [5, 5.41) is 7.26. The second kappa shape index (κ2) is 10.7. The van der Waals surface area contributed by atoms with Gasteiger partial charge in [0, 0.05) is 62.1 Å². The van der Waals surface area contributed by atoms with Gasteiger partial charge < -0.3 is 15.0 Å². The summed E-state index contributed by atoms with van der Waals surface area (Å²) in [7, 11) is 1.64. The van der Waals surface area contributed by atoms with Crippen LogP contribution in [0.4, 0.5) is 13.2 Å². The Kier molecular flexibility index (Phi) is 7.57. The van der Waals surface area contributed by atoms with Crippen molar-refractivity contribution in [3.05, 3.63) is 28.3 Å². The van der Waals surface area contributed by atoms with Gasteiger partial charge in [0.2, 0.25) is 11.9 Å². The van der Waals surface area contributed by atoms with E-state index >= 15 is 0 Å². The molecule has 198 valence electrons. The molecule has 0 radical (unpaired) electrons. The van der Waals surface area contributed by atoms with E-state index in [1.165, 1.54) is 20.9 Å². The largest absolute Gasteiger partial charge is 0.466 e. The molecule has 11 heteroatoms. The Labute approximate surface area is 213 Å². The molecule has 1 aliphatic heterocycles. The number of hydrogen-bond acceptors (Lipinski definition) is 6. The van der Waals surface area contributed by atoms with Crippen LogP contribution in [0.3, 0.4) is 0 Å². The Bertz CT molecular complexity index is 1030. The standard InChI is InChI=1S/C25H34F3N5O2S/c1-32-15-17(23(26)31-32)12-22(34)29-18-4-2-16(3-5-18)6-9-33-10-7-20-21(8-11-33)36-24(30-20)35-19-13-25(27,28)14-19/h15-16,18-19H,2-14H2,1H3,(H,29,34). The Hall–Kier alpha value is -2.14. The third-order valence-electron chi connectivity index (χ3n) is 7.67. The third-order valence-corrected chi connectivity index (χ3v) is 8.72. The average molecular weight is 526 g/mol. The highest BCUT2D eigenvalue weighted by atomic mass is 32.1. The molecule has 0 unspecified atom stereocenters. The molecule has 2 fully saturated rings. The van der Waals surface area contributed by atoms with Gasteiger partial charge in [-0.05, 0) is 51.0 Å². The van der Waals surface area contributed by atoms with Crippen molar-refractivity contribution in [3.8, 4) is 5.19 Å². The number of ether oxygens (including phenoxy) is 1. The highest BCUT2D eigenvalue weighted by Crippen LogP contribution is 2.41. The normalized spacial score (nSPS) is 24.6. The second-order valence-corrected chi connectivity index (χ2v) is 11.6. The molecule has 7 nitrogen and oxygen atoms in total. The van der Waals surface area contributed by atoms with E-state index in [-0.39, 0.29) is 31.2 Å². The van der Waals surface area contributed by atoms with Gasteiger partial charge in [-0.25, -0.2) is 13.8 Å². The van der Waals surface area contributed by atoms with Crippen LogP contribution < -0.4 is 10.1 Å². The zero-order valence-corrected chi connectivity index (χ0v) is 21.5. The summed E-state index contributed by atoms with van der Waals surface area (Å²) in [4.78, 5) is 20.6. The molecule has 36 heavy (non-hydrogen) atoms. The summed E-state index contributed by atoms with van der Waals surface area (Å²) in [5.41, 5.74) is 1.39. The minimum atomic E-state index is -2.58. The topological polar surface area (TPSA) is 72.3 Å². The van der Waals surface area contributed by atoms with Crippen LogP contribution >= 0.6 is 11.3 Å². The predicted molar refractivity (Wildman–Crippen MR) is 130 cm³/mol. The molecule has 0 spiro atoms. The van der Waals surface area contributed by atoms with Gasteiger partial charge in [0.15, 0.2) is 0 Å². The zero-order chi connectivity index (χ0) is 25.3. The maximum absolute atomic E-state index is 13.7. The number of halogens is 3. The number of rotatable bonds is 8. The number of carbonyl (C=O) groups excluding carboxylic acids is 1. The van der Waals surface area contributed by atoms with E-state index in [1.54, 1.807) is 13.2 Å². The van der Waals surface area contributed by atoms with Gasteiger partial charge in [-0.15, -0.1) is 5.10 Å². The molecular weight excluding hydrogens is 491 g/mol. The van der Waals surface area contributed by atoms with Crippen LogP contribution in [0.1, 0.15) is 61.1 Å². The first kappa shape index (κ1) is 25.5. The SMILES string of the molecule is Cn1cc(CC(=O)NC2CCC(CCN3CCc4nc(OC5CC(F)(F)C5)sc4CC3)CC2)c(F)n1. The van der Waals surface area contributed by atoms with Gasteiger partial charge in [0.1, 0.15) is 6.10 Å². The molecule has 2 aromatic heterocycles. The molecule has 0 bridgehead atoms. The lowest BCUT2D eigenvalue weighted by atomic mass is 9.84. The van der Waals surface area contributed by atoms with Crippen LogP contribution in [0, 0.1) is 11.9 Å². The summed E-state index contributed by atoms with van der Waals surface area (Å²) in [6.07, 6.45) is 7.81. The summed E-state index contributed by atoms with van der Waals surface area (Å²) in [5.74, 6) is -2.64. The number of thiazole rings is 1. The number of aromatic nitrogens is 3. The van der Waals surface area contributed by atoms with Crippen molar-refractivity contribution in [2.24, 2.45) is 13.0 Å². The molecule has 0 aromatic carbocycles. The molecule has 2 aliphatic carbocycles. The van der Waals surface area contributed by atoms with E-state index in [4.69, 9.17) is 4.74 Å². The number of carbonyl (C=O) groups is 1. The van der Waals surface area contributed by atoms with Crippen LogP contribution in [-0.2, 0) is 31.1 Å². The average Bonchev–Trinajstić information content (AvgIpc) is 3.27. The minimum Gasteiger partial charge on any atom is -0.466 e. The molecule has 0 atom stereocenters. The summed E-state index contributed by atoms with van der Waals surface area (Å²) >= 11 is 1.52. The Balaban J connectivity index is 0.990. The van der Waals surface area contributed by atoms with Gasteiger partial charge in [0.25, 0.3) is 11.1 Å². The fourth-order valence-electron chi connectivity index (χ4n) is 5.53. The molecule has 0 saturated heterocycles. The second-order valence-electron chi connectivity index (χ2n) is 10.6. The molecule has 1 amide bonds. The van der Waals surface area contributed by atoms with Crippen LogP contribution in [0.25, 0.3) is 0 Å². The number of fused-ring (bicyclic) bond motifs is 1. The van der Waals surface area contributed by atoms with Crippen molar-refractivity contribution in [2.45, 2.75) is 82.3 Å². The molecule has 2 saturated carbocycles. The number of aryl methyl sites for hydroxylation is 1. The van der Waals surface area contributed by atoms with Crippen molar-refractivity contribution in [2.75, 3.05) is 19.6 Å². The van der Waals surface area contributed by atoms with Crippen molar-refractivity contribution < 1.29 is 22.7 Å². The lowest BCUT2D eigenvalue weighted by molar-refractivity contribution is -0.134. The first-order chi connectivity index (χ1) is 17.2. The molecule has 2 aromatic rings. The van der Waals surface area contributed by atoms with E-state index in [1.807, 2.05) is 0 Å². The lowest BCUT2D eigenvalue weighted by Gasteiger charge is -2.33. The zero-order valence-electron chi connectivity index (χ0n) is 20.6. The molecular formula is C25H34F3N5O2S. The number of nitrogens with zero attached hydrogens (tertiary/aromatic N) is 4. The molecule has 3 aliphatic rings. The Morgan fingerprint density at radius 2 is 1.97 bits per heavy atom. The molecule has 3 heterocycles. The fraction of sp³-hybridized carbons (Fsp3) is 0.720. The monoisotopic (exact) mass is 525 g/mol. The van der Waals surface area contributed by atoms with Gasteiger partial charge >= 0.3 is 0 Å². The first-order valence-corrected chi connectivity index (χ1v) is 13.8. The van der Waals surface area contributed by atoms with Crippen molar-refractivity contribution >= 4 is 17.2 Å². The summed E-state index contributed by atoms with van der Waals surface area (Å²) in [6.45, 7) is 2.98. The molecule has 5 rings (SSSR count). The predicted octanol–water partition coefficient (Wildman–Crippen LogP) is 3.90. The van der Waals surface area contributed by atoms with Crippen LogP contribution in [-0.4, -0.2) is 63.3 Å². The lowest BCUT2D eigenvalue weighted by Crippen LogP contribution is -2.43. The minimum absolute atomic E-state index is 0.0268. The summed E-state index contributed by atoms with van der Waals surface area (Å²) in [6, 6.07) is 0.163. The van der Waals surface area contributed by atoms with E-state index in [2.05, 4.69) is 20.3 Å². The molecule has 1 N–H and O–H groups in total. The number of hydrogen-bond donors (Lipinski definition) is 1. The van der Waals surface area contributed by atoms with Gasteiger partial charge in [-0.3, -0.25) is 9.48 Å². The van der Waals surface area contributed by atoms with E-state index in [9.17, 15) is 18.0 Å². The van der Waals surface area contributed by atoms with E-state index in [0.29, 0.717) is 16.7 Å². The number of nitrogens with one attached hydrogen (secondary N) is 1. The number of amides is 1. The van der Waals surface area contributed by atoms with Crippen molar-refractivity contribution in [1.29, 1.82) is 0 Å². The number of alkyl halides is 2. The van der Waals surface area contributed by atoms with E-state index in [0.717, 1.165) is 70.3 Å². The highest BCUT2D eigenvalue weighted by Gasteiger charge is 2.47. The van der Waals surface area contributed by atoms with Gasteiger partial charge in [-0.1, -0.05) is 11.3 Å². The van der Waals surface area contributed by atoms with Gasteiger partial charge in [-0.2, -0.15) is 4.39 Å². The smallest absolute Gasteiger partial charge is 0.273 e. The summed E-state index contributed by atoms with van der Waals surface area (Å²) < 4.78 is 46.8. The van der Waals surface area contributed by atoms with Crippen LogP contribution in [0.15, 0.2) is 6.20 Å². The maximum atomic E-state index is 13.7. The fourth-order valence-corrected chi connectivity index (χ4v) is 6.54.